The van der Waals surface area contributed by atoms with Crippen LogP contribution in [0.15, 0.2) is 11.5 Å². The van der Waals surface area contributed by atoms with E-state index in [4.69, 9.17) is 11.7 Å². The van der Waals surface area contributed by atoms with Gasteiger partial charge in [0.15, 0.2) is 0 Å². The first kappa shape index (κ1) is 11.8. The number of nitrogens with two attached hydrogens (primary N) is 2. The standard InChI is InChI=1S/C7H14N6OS/c1-7(2,5(14)11-8)3-15-6-12-10-4-13(6)9/h4H,3,8-9H2,1-2H3,(H,11,14). The molecule has 0 unspecified atom stereocenters. The predicted molar refractivity (Wildman–Crippen MR) is 57.0 cm³/mol. The highest BCUT2D eigenvalue weighted by atomic mass is 32.2. The van der Waals surface area contributed by atoms with Crippen molar-refractivity contribution in [2.24, 2.45) is 11.3 Å². The molecule has 1 amide bonds. The molecule has 1 aromatic heterocycles. The number of nitrogen functional groups attached to an aromatic ring is 1. The normalized spacial score (nSPS) is 11.4. The fourth-order valence-corrected chi connectivity index (χ4v) is 1.76. The number of carbonyl (C=O) groups excluding carboxylic acids is 1. The molecule has 0 atom stereocenters. The van der Waals surface area contributed by atoms with Crippen molar-refractivity contribution in [2.45, 2.75) is 19.0 Å². The highest BCUT2D eigenvalue weighted by Crippen LogP contribution is 2.25. The van der Waals surface area contributed by atoms with Crippen molar-refractivity contribution >= 4 is 17.7 Å². The van der Waals surface area contributed by atoms with Gasteiger partial charge >= 0.3 is 0 Å². The molecule has 0 aliphatic heterocycles. The summed E-state index contributed by atoms with van der Waals surface area (Å²) in [4.78, 5) is 11.4. The summed E-state index contributed by atoms with van der Waals surface area (Å²) in [7, 11) is 0. The monoisotopic (exact) mass is 230 g/mol. The summed E-state index contributed by atoms with van der Waals surface area (Å²) in [6.45, 7) is 3.58. The van der Waals surface area contributed by atoms with Gasteiger partial charge in [-0.05, 0) is 0 Å². The molecule has 1 heterocycles. The first-order valence-electron chi connectivity index (χ1n) is 4.26. The van der Waals surface area contributed by atoms with E-state index in [2.05, 4.69) is 15.6 Å². The number of nitrogens with one attached hydrogen (secondary N) is 1. The fourth-order valence-electron chi connectivity index (χ4n) is 0.841. The van der Waals surface area contributed by atoms with Crippen LogP contribution in [-0.4, -0.2) is 26.5 Å². The van der Waals surface area contributed by atoms with Crippen LogP contribution in [0.4, 0.5) is 0 Å². The lowest BCUT2D eigenvalue weighted by molar-refractivity contribution is -0.128. The van der Waals surface area contributed by atoms with Crippen LogP contribution in [0.5, 0.6) is 0 Å². The summed E-state index contributed by atoms with van der Waals surface area (Å²) in [6, 6.07) is 0. The van der Waals surface area contributed by atoms with E-state index in [1.807, 2.05) is 0 Å². The Bertz CT molecular complexity index is 349. The van der Waals surface area contributed by atoms with Crippen molar-refractivity contribution in [1.82, 2.24) is 20.3 Å². The third-order valence-electron chi connectivity index (χ3n) is 1.85. The van der Waals surface area contributed by atoms with Crippen molar-refractivity contribution in [3.05, 3.63) is 6.33 Å². The fraction of sp³-hybridized carbons (Fsp3) is 0.571. The second kappa shape index (κ2) is 4.49. The second-order valence-corrected chi connectivity index (χ2v) is 4.61. The summed E-state index contributed by atoms with van der Waals surface area (Å²) in [5.74, 6) is 10.9. The molecule has 8 heteroatoms. The molecule has 5 N–H and O–H groups in total. The Morgan fingerprint density at radius 1 is 1.73 bits per heavy atom. The molecule has 0 aliphatic rings. The number of amides is 1. The topological polar surface area (TPSA) is 112 Å². The van der Waals surface area contributed by atoms with E-state index in [1.165, 1.54) is 22.8 Å². The molecule has 0 fully saturated rings. The van der Waals surface area contributed by atoms with Gasteiger partial charge in [0, 0.05) is 5.75 Å². The molecule has 15 heavy (non-hydrogen) atoms. The number of hydrogen-bond acceptors (Lipinski definition) is 6. The number of hydrogen-bond donors (Lipinski definition) is 3. The third kappa shape index (κ3) is 2.83. The molecule has 7 nitrogen and oxygen atoms in total. The van der Waals surface area contributed by atoms with E-state index in [-0.39, 0.29) is 5.91 Å². The summed E-state index contributed by atoms with van der Waals surface area (Å²) in [5, 5.41) is 7.98. The van der Waals surface area contributed by atoms with Gasteiger partial charge in [-0.3, -0.25) is 10.2 Å². The minimum Gasteiger partial charge on any atom is -0.336 e. The largest absolute Gasteiger partial charge is 0.336 e. The molecule has 1 aromatic rings. The minimum atomic E-state index is -0.578. The molecule has 0 aliphatic carbocycles. The van der Waals surface area contributed by atoms with Crippen LogP contribution in [0.3, 0.4) is 0 Å². The highest BCUT2D eigenvalue weighted by Gasteiger charge is 2.27. The molecule has 0 spiro atoms. The van der Waals surface area contributed by atoms with Crippen molar-refractivity contribution < 1.29 is 4.79 Å². The Morgan fingerprint density at radius 2 is 2.40 bits per heavy atom. The van der Waals surface area contributed by atoms with E-state index in [9.17, 15) is 4.79 Å². The van der Waals surface area contributed by atoms with Gasteiger partial charge in [0.05, 0.1) is 5.41 Å². The maximum absolute atomic E-state index is 11.4. The molecule has 1 rings (SSSR count). The number of rotatable bonds is 4. The smallest absolute Gasteiger partial charge is 0.240 e. The Hall–Kier alpha value is -1.28. The average molecular weight is 230 g/mol. The van der Waals surface area contributed by atoms with Gasteiger partial charge < -0.3 is 5.84 Å². The van der Waals surface area contributed by atoms with E-state index >= 15 is 0 Å². The zero-order valence-corrected chi connectivity index (χ0v) is 9.41. The Morgan fingerprint density at radius 3 is 2.87 bits per heavy atom. The molecule has 0 bridgehead atoms. The van der Waals surface area contributed by atoms with Gasteiger partial charge in [0.25, 0.3) is 0 Å². The van der Waals surface area contributed by atoms with Crippen LogP contribution in [0.1, 0.15) is 13.8 Å². The average Bonchev–Trinajstić information content (AvgIpc) is 2.60. The lowest BCUT2D eigenvalue weighted by Crippen LogP contribution is -2.42. The maximum atomic E-state index is 11.4. The molecule has 0 radical (unpaired) electrons. The zero-order chi connectivity index (χ0) is 11.5. The molecule has 0 saturated carbocycles. The van der Waals surface area contributed by atoms with Crippen LogP contribution in [0, 0.1) is 5.41 Å². The number of nitrogens with zero attached hydrogens (tertiary/aromatic N) is 3. The SMILES string of the molecule is CC(C)(CSc1nncn1N)C(=O)NN. The van der Waals surface area contributed by atoms with Gasteiger partial charge in [0.1, 0.15) is 6.33 Å². The van der Waals surface area contributed by atoms with Crippen LogP contribution < -0.4 is 17.1 Å². The van der Waals surface area contributed by atoms with E-state index < -0.39 is 5.41 Å². The van der Waals surface area contributed by atoms with Crippen LogP contribution in [0.2, 0.25) is 0 Å². The van der Waals surface area contributed by atoms with Gasteiger partial charge in [-0.1, -0.05) is 25.6 Å². The molecule has 84 valence electrons. The summed E-state index contributed by atoms with van der Waals surface area (Å²) in [6.07, 6.45) is 1.40. The van der Waals surface area contributed by atoms with Crippen LogP contribution in [0.25, 0.3) is 0 Å². The van der Waals surface area contributed by atoms with E-state index in [1.54, 1.807) is 13.8 Å². The van der Waals surface area contributed by atoms with Crippen molar-refractivity contribution in [3.63, 3.8) is 0 Å². The van der Waals surface area contributed by atoms with Crippen molar-refractivity contribution in [1.29, 1.82) is 0 Å². The number of thioether (sulfide) groups is 1. The first-order valence-corrected chi connectivity index (χ1v) is 5.25. The number of hydrazine groups is 1. The Kier molecular flexibility index (Phi) is 3.53. The summed E-state index contributed by atoms with van der Waals surface area (Å²) >= 11 is 1.35. The maximum Gasteiger partial charge on any atom is 0.240 e. The quantitative estimate of drug-likeness (QED) is 0.267. The van der Waals surface area contributed by atoms with Gasteiger partial charge in [-0.25, -0.2) is 10.5 Å². The Balaban J connectivity index is 2.57. The summed E-state index contributed by atoms with van der Waals surface area (Å²) in [5.41, 5.74) is 1.55. The molecule has 0 saturated heterocycles. The highest BCUT2D eigenvalue weighted by molar-refractivity contribution is 7.99. The molecular weight excluding hydrogens is 216 g/mol. The summed E-state index contributed by atoms with van der Waals surface area (Å²) < 4.78 is 1.31. The molecule has 0 aromatic carbocycles. The zero-order valence-electron chi connectivity index (χ0n) is 8.60. The Labute approximate surface area is 91.5 Å². The van der Waals surface area contributed by atoms with E-state index in [0.29, 0.717) is 10.9 Å². The number of aromatic nitrogens is 3. The minimum absolute atomic E-state index is 0.224. The lowest BCUT2D eigenvalue weighted by Gasteiger charge is -2.20. The molecular formula is C7H14N6OS. The second-order valence-electron chi connectivity index (χ2n) is 3.67. The number of carbonyl (C=O) groups is 1. The van der Waals surface area contributed by atoms with Crippen molar-refractivity contribution in [3.8, 4) is 0 Å². The van der Waals surface area contributed by atoms with Gasteiger partial charge in [-0.2, -0.15) is 0 Å². The van der Waals surface area contributed by atoms with Gasteiger partial charge in [0.2, 0.25) is 11.1 Å². The van der Waals surface area contributed by atoms with E-state index in [0.717, 1.165) is 0 Å². The lowest BCUT2D eigenvalue weighted by atomic mass is 9.96. The van der Waals surface area contributed by atoms with Crippen LogP contribution >= 0.6 is 11.8 Å². The third-order valence-corrected chi connectivity index (χ3v) is 3.26. The van der Waals surface area contributed by atoms with Crippen molar-refractivity contribution in [2.75, 3.05) is 11.6 Å². The first-order chi connectivity index (χ1) is 6.97. The predicted octanol–water partition coefficient (Wildman–Crippen LogP) is -0.900. The van der Waals surface area contributed by atoms with Crippen LogP contribution in [-0.2, 0) is 4.79 Å². The van der Waals surface area contributed by atoms with Gasteiger partial charge in [-0.15, -0.1) is 10.2 Å².